The molecule has 0 aliphatic carbocycles. The Labute approximate surface area is 86.4 Å². The van der Waals surface area contributed by atoms with Gasteiger partial charge in [-0.3, -0.25) is 4.98 Å². The van der Waals surface area contributed by atoms with Crippen molar-refractivity contribution in [2.24, 2.45) is 0 Å². The lowest BCUT2D eigenvalue weighted by molar-refractivity contribution is 0.616. The minimum absolute atomic E-state index is 0.332. The molecule has 0 aliphatic rings. The van der Waals surface area contributed by atoms with Crippen LogP contribution < -0.4 is 0 Å². The summed E-state index contributed by atoms with van der Waals surface area (Å²) >= 11 is 0. The van der Waals surface area contributed by atoms with Crippen LogP contribution in [0, 0.1) is 18.1 Å². The first-order valence-corrected chi connectivity index (χ1v) is 4.45. The molecular formula is C12H8F2N. The molecule has 0 bridgehead atoms. The van der Waals surface area contributed by atoms with Crippen molar-refractivity contribution in [3.8, 4) is 0 Å². The van der Waals surface area contributed by atoms with Crippen LogP contribution in [0.2, 0.25) is 0 Å². The number of aromatic nitrogens is 1. The largest absolute Gasteiger partial charge is 0.261 e. The molecule has 0 unspecified atom stereocenters. The second-order valence-electron chi connectivity index (χ2n) is 3.10. The summed E-state index contributed by atoms with van der Waals surface area (Å²) in [4.78, 5) is 3.68. The predicted octanol–water partition coefficient (Wildman–Crippen LogP) is 2.96. The highest BCUT2D eigenvalue weighted by Gasteiger charge is 2.03. The molecule has 2 rings (SSSR count). The van der Waals surface area contributed by atoms with Crippen molar-refractivity contribution in [3.05, 3.63) is 71.9 Å². The third-order valence-electron chi connectivity index (χ3n) is 1.95. The highest BCUT2D eigenvalue weighted by molar-refractivity contribution is 5.36. The van der Waals surface area contributed by atoms with E-state index in [1.165, 1.54) is 18.3 Å². The Morgan fingerprint density at radius 2 is 1.87 bits per heavy atom. The van der Waals surface area contributed by atoms with Crippen molar-refractivity contribution in [3.63, 3.8) is 0 Å². The molecule has 1 heterocycles. The first kappa shape index (κ1) is 9.77. The maximum absolute atomic E-state index is 13.2. The first-order valence-electron chi connectivity index (χ1n) is 4.45. The van der Waals surface area contributed by atoms with Crippen LogP contribution in [0.4, 0.5) is 8.78 Å². The Morgan fingerprint density at radius 1 is 1.07 bits per heavy atom. The number of nitrogens with zero attached hydrogens (tertiary/aromatic N) is 1. The second-order valence-corrected chi connectivity index (χ2v) is 3.10. The average Bonchev–Trinajstić information content (AvgIpc) is 2.22. The van der Waals surface area contributed by atoms with E-state index in [-0.39, 0.29) is 5.82 Å². The van der Waals surface area contributed by atoms with Gasteiger partial charge in [0.15, 0.2) is 0 Å². The minimum Gasteiger partial charge on any atom is -0.261 e. The molecule has 0 spiro atoms. The van der Waals surface area contributed by atoms with Gasteiger partial charge in [0, 0.05) is 12.6 Å². The van der Waals surface area contributed by atoms with Gasteiger partial charge in [-0.15, -0.1) is 0 Å². The summed E-state index contributed by atoms with van der Waals surface area (Å²) < 4.78 is 26.0. The van der Waals surface area contributed by atoms with Gasteiger partial charge in [0.2, 0.25) is 0 Å². The summed E-state index contributed by atoms with van der Waals surface area (Å²) in [5.74, 6) is -0.762. The predicted molar refractivity (Wildman–Crippen MR) is 53.1 cm³/mol. The molecule has 0 saturated carbocycles. The fourth-order valence-electron chi connectivity index (χ4n) is 1.28. The molecule has 1 radical (unpaired) electrons. The molecule has 2 aromatic rings. The van der Waals surface area contributed by atoms with Crippen molar-refractivity contribution in [2.75, 3.05) is 0 Å². The molecule has 1 nitrogen and oxygen atoms in total. The van der Waals surface area contributed by atoms with E-state index in [1.54, 1.807) is 24.6 Å². The zero-order chi connectivity index (χ0) is 10.7. The number of benzene rings is 1. The molecule has 1 aromatic carbocycles. The van der Waals surface area contributed by atoms with Gasteiger partial charge in [0.05, 0.1) is 6.20 Å². The lowest BCUT2D eigenvalue weighted by Crippen LogP contribution is -1.91. The van der Waals surface area contributed by atoms with Gasteiger partial charge in [0.1, 0.15) is 11.6 Å². The van der Waals surface area contributed by atoms with E-state index in [0.29, 0.717) is 11.1 Å². The summed E-state index contributed by atoms with van der Waals surface area (Å²) in [5, 5.41) is 0. The van der Waals surface area contributed by atoms with Gasteiger partial charge in [0.25, 0.3) is 0 Å². The Hall–Kier alpha value is -1.77. The van der Waals surface area contributed by atoms with Crippen LogP contribution in [0.25, 0.3) is 0 Å². The van der Waals surface area contributed by atoms with Crippen LogP contribution >= 0.6 is 0 Å². The molecule has 0 atom stereocenters. The number of pyridine rings is 1. The fraction of sp³-hybridized carbons (Fsp3) is 0. The van der Waals surface area contributed by atoms with Crippen LogP contribution in [-0.2, 0) is 0 Å². The average molecular weight is 204 g/mol. The molecule has 75 valence electrons. The third kappa shape index (κ3) is 2.37. The maximum Gasteiger partial charge on any atom is 0.141 e. The molecule has 0 N–H and O–H groups in total. The van der Waals surface area contributed by atoms with Crippen LogP contribution in [0.1, 0.15) is 11.1 Å². The molecule has 1 aromatic heterocycles. The first-order chi connectivity index (χ1) is 7.25. The summed E-state index contributed by atoms with van der Waals surface area (Å²) in [6.07, 6.45) is 4.14. The fourth-order valence-corrected chi connectivity index (χ4v) is 1.28. The monoisotopic (exact) mass is 204 g/mol. The van der Waals surface area contributed by atoms with Crippen LogP contribution in [0.3, 0.4) is 0 Å². The lowest BCUT2D eigenvalue weighted by atomic mass is 10.1. The van der Waals surface area contributed by atoms with E-state index in [9.17, 15) is 8.78 Å². The highest BCUT2D eigenvalue weighted by atomic mass is 19.1. The normalized spacial score (nSPS) is 10.3. The summed E-state index contributed by atoms with van der Waals surface area (Å²) in [5.41, 5.74) is 0.963. The van der Waals surface area contributed by atoms with E-state index in [4.69, 9.17) is 0 Å². The Bertz CT molecular complexity index is 469. The minimum atomic E-state index is -0.430. The SMILES string of the molecule is Fc1cncc([CH]c2ccccc2F)c1. The number of halogens is 2. The van der Waals surface area contributed by atoms with E-state index in [0.717, 1.165) is 6.20 Å². The maximum atomic E-state index is 13.2. The highest BCUT2D eigenvalue weighted by Crippen LogP contribution is 2.14. The molecule has 15 heavy (non-hydrogen) atoms. The Kier molecular flexibility index (Phi) is 2.72. The number of rotatable bonds is 2. The van der Waals surface area contributed by atoms with Crippen LogP contribution in [0.15, 0.2) is 42.7 Å². The Morgan fingerprint density at radius 3 is 2.60 bits per heavy atom. The number of hydrogen-bond acceptors (Lipinski definition) is 1. The Balaban J connectivity index is 2.26. The van der Waals surface area contributed by atoms with Crippen molar-refractivity contribution < 1.29 is 8.78 Å². The van der Waals surface area contributed by atoms with Crippen molar-refractivity contribution >= 4 is 0 Å². The second kappa shape index (κ2) is 4.17. The molecular weight excluding hydrogens is 196 g/mol. The smallest absolute Gasteiger partial charge is 0.141 e. The molecule has 3 heteroatoms. The van der Waals surface area contributed by atoms with Gasteiger partial charge >= 0.3 is 0 Å². The van der Waals surface area contributed by atoms with Crippen molar-refractivity contribution in [2.45, 2.75) is 0 Å². The standard InChI is InChI=1S/C12H8F2N/c13-11-6-9(7-15-8-11)5-10-3-1-2-4-12(10)14/h1-8H. The zero-order valence-electron chi connectivity index (χ0n) is 7.82. The van der Waals surface area contributed by atoms with E-state index in [1.807, 2.05) is 0 Å². The van der Waals surface area contributed by atoms with Gasteiger partial charge < -0.3 is 0 Å². The summed E-state index contributed by atoms with van der Waals surface area (Å²) in [6.45, 7) is 0. The van der Waals surface area contributed by atoms with Crippen LogP contribution in [0.5, 0.6) is 0 Å². The summed E-state index contributed by atoms with van der Waals surface area (Å²) in [7, 11) is 0. The van der Waals surface area contributed by atoms with E-state index < -0.39 is 5.82 Å². The van der Waals surface area contributed by atoms with Crippen LogP contribution in [-0.4, -0.2) is 4.98 Å². The van der Waals surface area contributed by atoms with Gasteiger partial charge in [-0.1, -0.05) is 18.2 Å². The zero-order valence-corrected chi connectivity index (χ0v) is 7.82. The third-order valence-corrected chi connectivity index (χ3v) is 1.95. The van der Waals surface area contributed by atoms with E-state index in [2.05, 4.69) is 4.98 Å². The molecule has 0 aliphatic heterocycles. The quantitative estimate of drug-likeness (QED) is 0.732. The number of hydrogen-bond donors (Lipinski definition) is 0. The van der Waals surface area contributed by atoms with Gasteiger partial charge in [-0.2, -0.15) is 0 Å². The van der Waals surface area contributed by atoms with Crippen molar-refractivity contribution in [1.29, 1.82) is 0 Å². The molecule has 0 saturated heterocycles. The lowest BCUT2D eigenvalue weighted by Gasteiger charge is -2.02. The topological polar surface area (TPSA) is 12.9 Å². The molecule has 0 amide bonds. The van der Waals surface area contributed by atoms with E-state index >= 15 is 0 Å². The van der Waals surface area contributed by atoms with Gasteiger partial charge in [-0.25, -0.2) is 8.78 Å². The van der Waals surface area contributed by atoms with Gasteiger partial charge in [-0.05, 0) is 23.3 Å². The molecule has 0 fully saturated rings. The summed E-state index contributed by atoms with van der Waals surface area (Å²) in [6, 6.07) is 7.62. The van der Waals surface area contributed by atoms with Crippen molar-refractivity contribution in [1.82, 2.24) is 4.98 Å².